The predicted octanol–water partition coefficient (Wildman–Crippen LogP) is 2.40. The smallest absolute Gasteiger partial charge is 0.398 e. The first-order valence-electron chi connectivity index (χ1n) is 3.71. The lowest BCUT2D eigenvalue weighted by atomic mass is 10.1. The van der Waals surface area contributed by atoms with Gasteiger partial charge in [0, 0.05) is 6.54 Å². The fraction of sp³-hybridized carbons (Fsp3) is 0.250. The number of alkyl halides is 3. The van der Waals surface area contributed by atoms with Crippen molar-refractivity contribution >= 4 is 17.3 Å². The SMILES string of the molecule is NCc1cc(N)c(Cl)cc1C(F)(F)F. The van der Waals surface area contributed by atoms with Gasteiger partial charge in [0.25, 0.3) is 0 Å². The molecule has 2 nitrogen and oxygen atoms in total. The molecule has 0 atom stereocenters. The lowest BCUT2D eigenvalue weighted by Gasteiger charge is -2.13. The van der Waals surface area contributed by atoms with Crippen LogP contribution in [-0.4, -0.2) is 0 Å². The van der Waals surface area contributed by atoms with Crippen molar-refractivity contribution in [2.24, 2.45) is 5.73 Å². The third kappa shape index (κ3) is 2.10. The Bertz CT molecular complexity index is 349. The summed E-state index contributed by atoms with van der Waals surface area (Å²) in [5.74, 6) is 0. The van der Waals surface area contributed by atoms with Gasteiger partial charge in [0.05, 0.1) is 16.3 Å². The Balaban J connectivity index is 3.35. The van der Waals surface area contributed by atoms with Gasteiger partial charge in [0.1, 0.15) is 0 Å². The molecular weight excluding hydrogens is 217 g/mol. The number of benzene rings is 1. The number of rotatable bonds is 1. The van der Waals surface area contributed by atoms with E-state index in [9.17, 15) is 13.2 Å². The molecule has 0 heterocycles. The first kappa shape index (κ1) is 11.1. The maximum Gasteiger partial charge on any atom is 0.416 e. The van der Waals surface area contributed by atoms with Crippen LogP contribution in [0.15, 0.2) is 12.1 Å². The van der Waals surface area contributed by atoms with Crippen molar-refractivity contribution in [3.8, 4) is 0 Å². The summed E-state index contributed by atoms with van der Waals surface area (Å²) in [6.45, 7) is -0.226. The summed E-state index contributed by atoms with van der Waals surface area (Å²) in [5, 5.41) is -0.116. The number of anilines is 1. The van der Waals surface area contributed by atoms with E-state index in [0.29, 0.717) is 0 Å². The van der Waals surface area contributed by atoms with E-state index in [2.05, 4.69) is 0 Å². The number of nitrogens with two attached hydrogens (primary N) is 2. The molecule has 78 valence electrons. The Morgan fingerprint density at radius 2 is 1.86 bits per heavy atom. The van der Waals surface area contributed by atoms with E-state index in [1.165, 1.54) is 0 Å². The Kier molecular flexibility index (Phi) is 2.92. The second-order valence-corrected chi connectivity index (χ2v) is 3.14. The standard InChI is InChI=1S/C8H8ClF3N2/c9-6-2-5(8(10,11)12)4(3-13)1-7(6)14/h1-2H,3,13-14H2. The molecule has 0 aliphatic rings. The minimum Gasteiger partial charge on any atom is -0.398 e. The number of hydrogen-bond donors (Lipinski definition) is 2. The summed E-state index contributed by atoms with van der Waals surface area (Å²) in [6.07, 6.45) is -4.45. The van der Waals surface area contributed by atoms with Crippen molar-refractivity contribution in [3.63, 3.8) is 0 Å². The average molecular weight is 225 g/mol. The van der Waals surface area contributed by atoms with Crippen molar-refractivity contribution in [3.05, 3.63) is 28.3 Å². The second-order valence-electron chi connectivity index (χ2n) is 2.73. The van der Waals surface area contributed by atoms with Crippen LogP contribution < -0.4 is 11.5 Å². The maximum atomic E-state index is 12.4. The van der Waals surface area contributed by atoms with Crippen molar-refractivity contribution in [2.75, 3.05) is 5.73 Å². The van der Waals surface area contributed by atoms with Gasteiger partial charge < -0.3 is 11.5 Å². The number of halogens is 4. The topological polar surface area (TPSA) is 52.0 Å². The third-order valence-corrected chi connectivity index (χ3v) is 2.08. The highest BCUT2D eigenvalue weighted by molar-refractivity contribution is 6.33. The highest BCUT2D eigenvalue weighted by Gasteiger charge is 2.33. The van der Waals surface area contributed by atoms with Crippen LogP contribution in [-0.2, 0) is 12.7 Å². The molecular formula is C8H8ClF3N2. The van der Waals surface area contributed by atoms with Crippen LogP contribution in [0, 0.1) is 0 Å². The molecule has 0 spiro atoms. The van der Waals surface area contributed by atoms with Gasteiger partial charge in [-0.3, -0.25) is 0 Å². The normalized spacial score (nSPS) is 11.8. The molecule has 0 aliphatic heterocycles. The van der Waals surface area contributed by atoms with Gasteiger partial charge in [0.2, 0.25) is 0 Å². The molecule has 0 radical (unpaired) electrons. The molecule has 0 aliphatic carbocycles. The molecule has 0 bridgehead atoms. The van der Waals surface area contributed by atoms with E-state index in [4.69, 9.17) is 23.1 Å². The van der Waals surface area contributed by atoms with Crippen LogP contribution in [0.1, 0.15) is 11.1 Å². The predicted molar refractivity (Wildman–Crippen MR) is 48.8 cm³/mol. The van der Waals surface area contributed by atoms with Crippen LogP contribution in [0.4, 0.5) is 18.9 Å². The molecule has 14 heavy (non-hydrogen) atoms. The van der Waals surface area contributed by atoms with E-state index in [0.717, 1.165) is 12.1 Å². The molecule has 0 fully saturated rings. The van der Waals surface area contributed by atoms with Crippen LogP contribution in [0.3, 0.4) is 0 Å². The zero-order valence-electron chi connectivity index (χ0n) is 7.03. The summed E-state index contributed by atoms with van der Waals surface area (Å²) < 4.78 is 37.2. The molecule has 6 heteroatoms. The Hall–Kier alpha value is -0.940. The minimum atomic E-state index is -4.45. The summed E-state index contributed by atoms with van der Waals surface area (Å²) in [4.78, 5) is 0. The van der Waals surface area contributed by atoms with Gasteiger partial charge in [-0.15, -0.1) is 0 Å². The first-order chi connectivity index (χ1) is 6.36. The van der Waals surface area contributed by atoms with Gasteiger partial charge >= 0.3 is 6.18 Å². The Morgan fingerprint density at radius 3 is 2.29 bits per heavy atom. The van der Waals surface area contributed by atoms with Gasteiger partial charge in [-0.05, 0) is 17.7 Å². The fourth-order valence-corrected chi connectivity index (χ4v) is 1.23. The average Bonchev–Trinajstić information content (AvgIpc) is 2.07. The molecule has 0 unspecified atom stereocenters. The minimum absolute atomic E-state index is 0.0561. The fourth-order valence-electron chi connectivity index (χ4n) is 1.07. The summed E-state index contributed by atoms with van der Waals surface area (Å²) >= 11 is 5.48. The Morgan fingerprint density at radius 1 is 1.29 bits per heavy atom. The van der Waals surface area contributed by atoms with Crippen LogP contribution >= 0.6 is 11.6 Å². The van der Waals surface area contributed by atoms with Gasteiger partial charge in [-0.25, -0.2) is 0 Å². The second kappa shape index (κ2) is 3.67. The summed E-state index contributed by atoms with van der Waals surface area (Å²) in [5.41, 5.74) is 9.73. The number of hydrogen-bond acceptors (Lipinski definition) is 2. The molecule has 4 N–H and O–H groups in total. The monoisotopic (exact) mass is 224 g/mol. The Labute approximate surface area is 83.6 Å². The van der Waals surface area contributed by atoms with Crippen LogP contribution in [0.25, 0.3) is 0 Å². The van der Waals surface area contributed by atoms with Gasteiger partial charge in [-0.1, -0.05) is 11.6 Å². The highest BCUT2D eigenvalue weighted by Crippen LogP contribution is 2.35. The third-order valence-electron chi connectivity index (χ3n) is 1.75. The molecule has 0 aromatic heterocycles. The highest BCUT2D eigenvalue weighted by atomic mass is 35.5. The van der Waals surface area contributed by atoms with Gasteiger partial charge in [0.15, 0.2) is 0 Å². The van der Waals surface area contributed by atoms with E-state index >= 15 is 0 Å². The molecule has 0 saturated carbocycles. The lowest BCUT2D eigenvalue weighted by molar-refractivity contribution is -0.138. The summed E-state index contributed by atoms with van der Waals surface area (Å²) in [6, 6.07) is 1.93. The zero-order valence-corrected chi connectivity index (χ0v) is 7.78. The number of nitrogen functional groups attached to an aromatic ring is 1. The maximum absolute atomic E-state index is 12.4. The van der Waals surface area contributed by atoms with Crippen molar-refractivity contribution < 1.29 is 13.2 Å². The summed E-state index contributed by atoms with van der Waals surface area (Å²) in [7, 11) is 0. The molecule has 1 rings (SSSR count). The molecule has 1 aromatic rings. The van der Waals surface area contributed by atoms with E-state index < -0.39 is 11.7 Å². The molecule has 1 aromatic carbocycles. The van der Waals surface area contributed by atoms with Crippen LogP contribution in [0.2, 0.25) is 5.02 Å². The lowest BCUT2D eigenvalue weighted by Crippen LogP contribution is -2.12. The molecule has 0 amide bonds. The van der Waals surface area contributed by atoms with E-state index in [1.807, 2.05) is 0 Å². The van der Waals surface area contributed by atoms with Crippen molar-refractivity contribution in [2.45, 2.75) is 12.7 Å². The largest absolute Gasteiger partial charge is 0.416 e. The first-order valence-corrected chi connectivity index (χ1v) is 4.09. The van der Waals surface area contributed by atoms with Gasteiger partial charge in [-0.2, -0.15) is 13.2 Å². The van der Waals surface area contributed by atoms with Crippen molar-refractivity contribution in [1.29, 1.82) is 0 Å². The van der Waals surface area contributed by atoms with E-state index in [1.54, 1.807) is 0 Å². The van der Waals surface area contributed by atoms with E-state index in [-0.39, 0.29) is 22.8 Å². The van der Waals surface area contributed by atoms with Crippen LogP contribution in [0.5, 0.6) is 0 Å². The van der Waals surface area contributed by atoms with Crippen molar-refractivity contribution in [1.82, 2.24) is 0 Å². The quantitative estimate of drug-likeness (QED) is 0.720. The zero-order chi connectivity index (χ0) is 10.9. The molecule has 0 saturated heterocycles.